The van der Waals surface area contributed by atoms with Gasteiger partial charge in [0.25, 0.3) is 5.91 Å². The summed E-state index contributed by atoms with van der Waals surface area (Å²) in [6.07, 6.45) is 4.37. The fraction of sp³-hybridized carbons (Fsp3) is 0.588. The fourth-order valence-corrected chi connectivity index (χ4v) is 4.80. The summed E-state index contributed by atoms with van der Waals surface area (Å²) in [5.41, 5.74) is 0.527. The summed E-state index contributed by atoms with van der Waals surface area (Å²) in [5, 5.41) is 3.58. The van der Waals surface area contributed by atoms with Crippen LogP contribution in [0.15, 0.2) is 29.2 Å². The van der Waals surface area contributed by atoms with Gasteiger partial charge in [0.15, 0.2) is 0 Å². The van der Waals surface area contributed by atoms with E-state index in [1.807, 2.05) is 11.9 Å². The van der Waals surface area contributed by atoms with Crippen LogP contribution in [0, 0.1) is 0 Å². The molecule has 1 aromatic rings. The average molecular weight is 388 g/mol. The Morgan fingerprint density at radius 1 is 1.20 bits per heavy atom. The maximum Gasteiger partial charge on any atom is 0.253 e. The molecule has 2 fully saturated rings. The SMILES string of the molecule is CCNS(=O)(=O)c1ccc(C(=O)N(C)C2CC3CCC(C2)N3)cc1.Cl. The summed E-state index contributed by atoms with van der Waals surface area (Å²) < 4.78 is 26.4. The fourth-order valence-electron chi connectivity index (χ4n) is 3.76. The van der Waals surface area contributed by atoms with Crippen molar-refractivity contribution in [1.82, 2.24) is 14.9 Å². The Labute approximate surface area is 155 Å². The molecule has 1 aromatic carbocycles. The lowest BCUT2D eigenvalue weighted by Crippen LogP contribution is -2.48. The highest BCUT2D eigenvalue weighted by molar-refractivity contribution is 7.89. The molecule has 0 aromatic heterocycles. The molecule has 0 aliphatic carbocycles. The molecule has 0 spiro atoms. The van der Waals surface area contributed by atoms with Crippen LogP contribution in [-0.4, -0.2) is 50.9 Å². The first-order valence-electron chi connectivity index (χ1n) is 8.53. The normalized spacial score (nSPS) is 25.3. The van der Waals surface area contributed by atoms with Crippen molar-refractivity contribution in [2.45, 2.75) is 55.6 Å². The van der Waals surface area contributed by atoms with Gasteiger partial charge in [-0.3, -0.25) is 4.79 Å². The number of amides is 1. The van der Waals surface area contributed by atoms with Crippen LogP contribution >= 0.6 is 12.4 Å². The van der Waals surface area contributed by atoms with Gasteiger partial charge in [0.1, 0.15) is 0 Å². The first-order chi connectivity index (χ1) is 11.4. The lowest BCUT2D eigenvalue weighted by Gasteiger charge is -2.35. The lowest BCUT2D eigenvalue weighted by molar-refractivity contribution is 0.0681. The van der Waals surface area contributed by atoms with Gasteiger partial charge in [0, 0.05) is 37.3 Å². The van der Waals surface area contributed by atoms with E-state index in [0.29, 0.717) is 24.2 Å². The number of rotatable bonds is 5. The van der Waals surface area contributed by atoms with Gasteiger partial charge in [-0.05, 0) is 49.9 Å². The molecule has 2 aliphatic heterocycles. The number of hydrogen-bond donors (Lipinski definition) is 2. The highest BCUT2D eigenvalue weighted by atomic mass is 35.5. The number of halogens is 1. The zero-order chi connectivity index (χ0) is 17.3. The van der Waals surface area contributed by atoms with Crippen molar-refractivity contribution in [3.8, 4) is 0 Å². The topological polar surface area (TPSA) is 78.5 Å². The zero-order valence-electron chi connectivity index (χ0n) is 14.6. The van der Waals surface area contributed by atoms with E-state index in [0.717, 1.165) is 12.8 Å². The molecule has 2 heterocycles. The van der Waals surface area contributed by atoms with Crippen molar-refractivity contribution in [1.29, 1.82) is 0 Å². The van der Waals surface area contributed by atoms with Crippen LogP contribution in [0.4, 0.5) is 0 Å². The molecule has 6 nitrogen and oxygen atoms in total. The average Bonchev–Trinajstić information content (AvgIpc) is 2.91. The molecule has 0 radical (unpaired) electrons. The van der Waals surface area contributed by atoms with Crippen LogP contribution in [-0.2, 0) is 10.0 Å². The van der Waals surface area contributed by atoms with Gasteiger partial charge in [-0.2, -0.15) is 0 Å². The number of nitrogens with one attached hydrogen (secondary N) is 2. The minimum Gasteiger partial charge on any atom is -0.339 e. The first-order valence-corrected chi connectivity index (χ1v) is 10.0. The Morgan fingerprint density at radius 2 is 1.76 bits per heavy atom. The summed E-state index contributed by atoms with van der Waals surface area (Å²) >= 11 is 0. The minimum absolute atomic E-state index is 0. The molecule has 0 saturated carbocycles. The predicted octanol–water partition coefficient (Wildman–Crippen LogP) is 1.76. The monoisotopic (exact) mass is 387 g/mol. The molecule has 2 saturated heterocycles. The summed E-state index contributed by atoms with van der Waals surface area (Å²) in [4.78, 5) is 14.7. The highest BCUT2D eigenvalue weighted by Crippen LogP contribution is 2.29. The van der Waals surface area contributed by atoms with Crippen molar-refractivity contribution < 1.29 is 13.2 Å². The van der Waals surface area contributed by atoms with Crippen molar-refractivity contribution >= 4 is 28.3 Å². The van der Waals surface area contributed by atoms with E-state index in [-0.39, 0.29) is 29.3 Å². The number of sulfonamides is 1. The van der Waals surface area contributed by atoms with Gasteiger partial charge in [-0.1, -0.05) is 6.92 Å². The largest absolute Gasteiger partial charge is 0.339 e. The molecular formula is C17H26ClN3O3S. The number of piperidine rings is 1. The van der Waals surface area contributed by atoms with E-state index >= 15 is 0 Å². The van der Waals surface area contributed by atoms with E-state index in [1.165, 1.54) is 25.0 Å². The van der Waals surface area contributed by atoms with E-state index in [4.69, 9.17) is 0 Å². The summed E-state index contributed by atoms with van der Waals surface area (Å²) in [7, 11) is -1.63. The van der Waals surface area contributed by atoms with Gasteiger partial charge in [0.05, 0.1) is 4.90 Å². The van der Waals surface area contributed by atoms with Crippen molar-refractivity contribution in [3.63, 3.8) is 0 Å². The molecule has 3 rings (SSSR count). The van der Waals surface area contributed by atoms with E-state index < -0.39 is 10.0 Å². The Morgan fingerprint density at radius 3 is 2.28 bits per heavy atom. The number of carbonyl (C=O) groups is 1. The molecular weight excluding hydrogens is 362 g/mol. The Hall–Kier alpha value is -1.15. The molecule has 2 unspecified atom stereocenters. The molecule has 1 amide bonds. The Bertz CT molecular complexity index is 696. The van der Waals surface area contributed by atoms with Gasteiger partial charge in [-0.15, -0.1) is 12.4 Å². The third-order valence-electron chi connectivity index (χ3n) is 5.06. The Balaban J connectivity index is 0.00000225. The summed E-state index contributed by atoms with van der Waals surface area (Å²) in [6, 6.07) is 7.48. The lowest BCUT2D eigenvalue weighted by atomic mass is 9.98. The number of carbonyl (C=O) groups excluding carboxylic acids is 1. The number of hydrogen-bond acceptors (Lipinski definition) is 4. The predicted molar refractivity (Wildman–Crippen MR) is 99.6 cm³/mol. The second kappa shape index (κ2) is 8.03. The summed E-state index contributed by atoms with van der Waals surface area (Å²) in [5.74, 6) is -0.0475. The third kappa shape index (κ3) is 4.34. The van der Waals surface area contributed by atoms with E-state index in [1.54, 1.807) is 19.1 Å². The quantitative estimate of drug-likeness (QED) is 0.807. The van der Waals surface area contributed by atoms with Gasteiger partial charge < -0.3 is 10.2 Å². The van der Waals surface area contributed by atoms with Crippen molar-refractivity contribution in [2.75, 3.05) is 13.6 Å². The van der Waals surface area contributed by atoms with Crippen LogP contribution in [0.5, 0.6) is 0 Å². The van der Waals surface area contributed by atoms with Crippen LogP contribution in [0.3, 0.4) is 0 Å². The summed E-state index contributed by atoms with van der Waals surface area (Å²) in [6.45, 7) is 2.07. The molecule has 8 heteroatoms. The highest BCUT2D eigenvalue weighted by Gasteiger charge is 2.36. The number of nitrogens with zero attached hydrogens (tertiary/aromatic N) is 1. The second-order valence-electron chi connectivity index (χ2n) is 6.70. The Kier molecular flexibility index (Phi) is 6.48. The molecule has 2 atom stereocenters. The van der Waals surface area contributed by atoms with Crippen LogP contribution in [0.25, 0.3) is 0 Å². The molecule has 2 N–H and O–H groups in total. The maximum atomic E-state index is 12.7. The maximum absolute atomic E-state index is 12.7. The minimum atomic E-state index is -3.48. The number of benzene rings is 1. The van der Waals surface area contributed by atoms with Gasteiger partial charge in [-0.25, -0.2) is 13.1 Å². The standard InChI is InChI=1S/C17H25N3O3S.ClH/c1-3-18-24(22,23)16-8-4-12(5-9-16)17(21)20(2)15-10-13-6-7-14(11-15)19-13;/h4-5,8-9,13-15,18-19H,3,6-7,10-11H2,1-2H3;1H. The van der Waals surface area contributed by atoms with Crippen LogP contribution in [0.1, 0.15) is 43.0 Å². The van der Waals surface area contributed by atoms with Crippen LogP contribution < -0.4 is 10.0 Å². The van der Waals surface area contributed by atoms with Crippen molar-refractivity contribution in [2.24, 2.45) is 0 Å². The molecule has 2 aliphatic rings. The first kappa shape index (κ1) is 20.2. The smallest absolute Gasteiger partial charge is 0.253 e. The van der Waals surface area contributed by atoms with Gasteiger partial charge >= 0.3 is 0 Å². The van der Waals surface area contributed by atoms with E-state index in [2.05, 4.69) is 10.0 Å². The molecule has 2 bridgehead atoms. The van der Waals surface area contributed by atoms with E-state index in [9.17, 15) is 13.2 Å². The third-order valence-corrected chi connectivity index (χ3v) is 6.62. The van der Waals surface area contributed by atoms with Gasteiger partial charge in [0.2, 0.25) is 10.0 Å². The van der Waals surface area contributed by atoms with Crippen LogP contribution in [0.2, 0.25) is 0 Å². The zero-order valence-corrected chi connectivity index (χ0v) is 16.2. The van der Waals surface area contributed by atoms with Crippen molar-refractivity contribution in [3.05, 3.63) is 29.8 Å². The number of fused-ring (bicyclic) bond motifs is 2. The molecule has 140 valence electrons. The second-order valence-corrected chi connectivity index (χ2v) is 8.47. The molecule has 25 heavy (non-hydrogen) atoms.